The quantitative estimate of drug-likeness (QED) is 0.742. The molecule has 3 nitrogen and oxygen atoms in total. The number of hydrogen-bond donors (Lipinski definition) is 0. The van der Waals surface area contributed by atoms with Crippen LogP contribution in [-0.4, -0.2) is 11.1 Å². The molecular formula is C12H13ClN2O. The normalized spacial score (nSPS) is 18.9. The van der Waals surface area contributed by atoms with Gasteiger partial charge >= 0.3 is 0 Å². The molecule has 16 heavy (non-hydrogen) atoms. The van der Waals surface area contributed by atoms with Crippen LogP contribution in [0.15, 0.2) is 6.07 Å². The third-order valence-electron chi connectivity index (χ3n) is 2.77. The molecule has 1 aliphatic heterocycles. The minimum atomic E-state index is 0.244. The van der Waals surface area contributed by atoms with Crippen molar-refractivity contribution in [2.75, 3.05) is 0 Å². The molecule has 0 aliphatic carbocycles. The van der Waals surface area contributed by atoms with Gasteiger partial charge in [0.05, 0.1) is 24.0 Å². The third-order valence-corrected chi connectivity index (χ3v) is 3.06. The highest BCUT2D eigenvalue weighted by molar-refractivity contribution is 6.30. The molecule has 1 atom stereocenters. The Morgan fingerprint density at radius 1 is 1.69 bits per heavy atom. The number of nitriles is 1. The Labute approximate surface area is 100 Å². The maximum Gasteiger partial charge on any atom is 0.147 e. The number of halogens is 1. The molecule has 2 heterocycles. The van der Waals surface area contributed by atoms with Gasteiger partial charge in [-0.15, -0.1) is 0 Å². The number of fused-ring (bicyclic) bond motifs is 1. The van der Waals surface area contributed by atoms with E-state index in [2.05, 4.69) is 11.9 Å². The summed E-state index contributed by atoms with van der Waals surface area (Å²) >= 11 is 5.91. The van der Waals surface area contributed by atoms with Gasteiger partial charge in [-0.2, -0.15) is 5.26 Å². The summed E-state index contributed by atoms with van der Waals surface area (Å²) in [5, 5.41) is 9.15. The number of aromatic nitrogens is 1. The average Bonchev–Trinajstić information content (AvgIpc) is 2.28. The lowest BCUT2D eigenvalue weighted by Crippen LogP contribution is -2.23. The Hall–Kier alpha value is -1.11. The maximum absolute atomic E-state index is 8.84. The molecule has 0 aromatic carbocycles. The molecule has 0 fully saturated rings. The molecule has 0 bridgehead atoms. The first kappa shape index (κ1) is 11.4. The molecule has 0 unspecified atom stereocenters. The van der Waals surface area contributed by atoms with Crippen LogP contribution in [0.2, 0.25) is 5.15 Å². The van der Waals surface area contributed by atoms with Crippen LogP contribution in [0.25, 0.3) is 0 Å². The van der Waals surface area contributed by atoms with Gasteiger partial charge in [0.25, 0.3) is 0 Å². The van der Waals surface area contributed by atoms with Gasteiger partial charge in [-0.1, -0.05) is 24.9 Å². The predicted octanol–water partition coefficient (Wildman–Crippen LogP) is 2.85. The molecule has 1 aromatic rings. The fraction of sp³-hybridized carbons (Fsp3) is 0.500. The Bertz CT molecular complexity index is 439. The van der Waals surface area contributed by atoms with Crippen LogP contribution in [0.3, 0.4) is 0 Å². The van der Waals surface area contributed by atoms with Crippen LogP contribution in [-0.2, 0) is 17.8 Å². The molecule has 0 N–H and O–H groups in total. The standard InChI is InChI=1S/C12H13ClN2O/c1-2-3-10-5-11-9(7-16-10)4-8(6-14)12(13)15-11/h4,10H,2-3,5,7H2,1H3/t10-/m1/s1. The fourth-order valence-corrected chi connectivity index (χ4v) is 2.14. The van der Waals surface area contributed by atoms with Crippen LogP contribution in [0.5, 0.6) is 0 Å². The van der Waals surface area contributed by atoms with Crippen LogP contribution in [0, 0.1) is 11.3 Å². The Balaban J connectivity index is 2.27. The maximum atomic E-state index is 8.84. The van der Waals surface area contributed by atoms with E-state index in [4.69, 9.17) is 21.6 Å². The van der Waals surface area contributed by atoms with Crippen molar-refractivity contribution in [1.29, 1.82) is 5.26 Å². The minimum Gasteiger partial charge on any atom is -0.373 e. The van der Waals surface area contributed by atoms with E-state index in [1.54, 1.807) is 6.07 Å². The summed E-state index contributed by atoms with van der Waals surface area (Å²) < 4.78 is 5.69. The molecule has 0 saturated carbocycles. The van der Waals surface area contributed by atoms with E-state index in [0.29, 0.717) is 17.3 Å². The second-order valence-electron chi connectivity index (χ2n) is 3.97. The number of hydrogen-bond acceptors (Lipinski definition) is 3. The SMILES string of the molecule is CCC[C@@H]1Cc2nc(Cl)c(C#N)cc2CO1. The summed E-state index contributed by atoms with van der Waals surface area (Å²) in [7, 11) is 0. The first-order valence-electron chi connectivity index (χ1n) is 5.44. The van der Waals surface area contributed by atoms with E-state index >= 15 is 0 Å². The lowest BCUT2D eigenvalue weighted by molar-refractivity contribution is 0.0215. The van der Waals surface area contributed by atoms with Gasteiger partial charge in [0.15, 0.2) is 0 Å². The van der Waals surface area contributed by atoms with Crippen molar-refractivity contribution in [3.63, 3.8) is 0 Å². The zero-order valence-corrected chi connectivity index (χ0v) is 9.92. The zero-order chi connectivity index (χ0) is 11.5. The smallest absolute Gasteiger partial charge is 0.147 e. The van der Waals surface area contributed by atoms with Crippen LogP contribution < -0.4 is 0 Å². The van der Waals surface area contributed by atoms with E-state index in [9.17, 15) is 0 Å². The largest absolute Gasteiger partial charge is 0.373 e. The zero-order valence-electron chi connectivity index (χ0n) is 9.16. The van der Waals surface area contributed by atoms with E-state index < -0.39 is 0 Å². The van der Waals surface area contributed by atoms with Crippen molar-refractivity contribution in [2.24, 2.45) is 0 Å². The number of pyridine rings is 1. The summed E-state index contributed by atoms with van der Waals surface area (Å²) in [5.74, 6) is 0. The second kappa shape index (κ2) is 4.82. The number of nitrogens with zero attached hydrogens (tertiary/aromatic N) is 2. The van der Waals surface area contributed by atoms with Gasteiger partial charge in [-0.3, -0.25) is 0 Å². The molecule has 4 heteroatoms. The molecule has 84 valence electrons. The Morgan fingerprint density at radius 2 is 2.50 bits per heavy atom. The van der Waals surface area contributed by atoms with Crippen LogP contribution in [0.4, 0.5) is 0 Å². The number of ether oxygens (including phenoxy) is 1. The molecule has 1 aliphatic rings. The lowest BCUT2D eigenvalue weighted by Gasteiger charge is -2.24. The summed E-state index contributed by atoms with van der Waals surface area (Å²) in [6.07, 6.45) is 3.19. The Kier molecular flexibility index (Phi) is 3.42. The summed E-state index contributed by atoms with van der Waals surface area (Å²) in [6, 6.07) is 3.82. The van der Waals surface area contributed by atoms with Gasteiger partial charge in [0.1, 0.15) is 11.2 Å². The minimum absolute atomic E-state index is 0.244. The molecule has 1 aromatic heterocycles. The van der Waals surface area contributed by atoms with Gasteiger partial charge in [-0.25, -0.2) is 4.98 Å². The van der Waals surface area contributed by atoms with Crippen molar-refractivity contribution >= 4 is 11.6 Å². The van der Waals surface area contributed by atoms with Crippen molar-refractivity contribution in [3.8, 4) is 6.07 Å². The van der Waals surface area contributed by atoms with Crippen LogP contribution in [0.1, 0.15) is 36.6 Å². The summed E-state index contributed by atoms with van der Waals surface area (Å²) in [6.45, 7) is 2.68. The highest BCUT2D eigenvalue weighted by Crippen LogP contribution is 2.25. The van der Waals surface area contributed by atoms with Gasteiger partial charge < -0.3 is 4.74 Å². The fourth-order valence-electron chi connectivity index (χ4n) is 1.94. The number of rotatable bonds is 2. The predicted molar refractivity (Wildman–Crippen MR) is 61.2 cm³/mol. The van der Waals surface area contributed by atoms with Gasteiger partial charge in [0, 0.05) is 12.0 Å². The molecule has 0 amide bonds. The molecule has 0 saturated heterocycles. The lowest BCUT2D eigenvalue weighted by atomic mass is 10.0. The van der Waals surface area contributed by atoms with Crippen molar-refractivity contribution in [1.82, 2.24) is 4.98 Å². The average molecular weight is 237 g/mol. The molecule has 2 rings (SSSR count). The van der Waals surface area contributed by atoms with Gasteiger partial charge in [-0.05, 0) is 12.5 Å². The van der Waals surface area contributed by atoms with E-state index in [1.165, 1.54) is 0 Å². The van der Waals surface area contributed by atoms with E-state index in [-0.39, 0.29) is 6.10 Å². The van der Waals surface area contributed by atoms with Crippen LogP contribution >= 0.6 is 11.6 Å². The first-order valence-corrected chi connectivity index (χ1v) is 5.82. The van der Waals surface area contributed by atoms with E-state index in [0.717, 1.165) is 30.5 Å². The van der Waals surface area contributed by atoms with Crippen molar-refractivity contribution < 1.29 is 4.74 Å². The van der Waals surface area contributed by atoms with Crippen molar-refractivity contribution in [2.45, 2.75) is 38.9 Å². The monoisotopic (exact) mass is 236 g/mol. The second-order valence-corrected chi connectivity index (χ2v) is 4.33. The third kappa shape index (κ3) is 2.18. The summed E-state index contributed by atoms with van der Waals surface area (Å²) in [5.41, 5.74) is 2.40. The molecular weight excluding hydrogens is 224 g/mol. The highest BCUT2D eigenvalue weighted by atomic mass is 35.5. The molecule has 0 radical (unpaired) electrons. The topological polar surface area (TPSA) is 45.9 Å². The van der Waals surface area contributed by atoms with Gasteiger partial charge in [0.2, 0.25) is 0 Å². The van der Waals surface area contributed by atoms with Crippen molar-refractivity contribution in [3.05, 3.63) is 28.0 Å². The highest BCUT2D eigenvalue weighted by Gasteiger charge is 2.21. The first-order chi connectivity index (χ1) is 7.74. The van der Waals surface area contributed by atoms with E-state index in [1.807, 2.05) is 6.07 Å². The Morgan fingerprint density at radius 3 is 3.19 bits per heavy atom. The molecule has 0 spiro atoms. The summed E-state index contributed by atoms with van der Waals surface area (Å²) in [4.78, 5) is 4.28.